The van der Waals surface area contributed by atoms with Crippen LogP contribution >= 0.6 is 7.60 Å². The first-order valence-electron chi connectivity index (χ1n) is 39.4. The van der Waals surface area contributed by atoms with Gasteiger partial charge >= 0.3 is 24.9 Å². The molecule has 6 aliphatic rings. The van der Waals surface area contributed by atoms with Crippen molar-refractivity contribution >= 4 is 93.3 Å². The van der Waals surface area contributed by atoms with E-state index < -0.39 is 172 Å². The van der Waals surface area contributed by atoms with Crippen molar-refractivity contribution in [1.29, 1.82) is 0 Å². The lowest BCUT2D eigenvalue weighted by Crippen LogP contribution is -2.37. The molecular weight excluding hydrogens is 1720 g/mol. The van der Waals surface area contributed by atoms with Gasteiger partial charge in [-0.2, -0.15) is 15.0 Å². The van der Waals surface area contributed by atoms with Crippen LogP contribution in [0.15, 0.2) is 114 Å². The van der Waals surface area contributed by atoms with Gasteiger partial charge in [-0.05, 0) is 38.1 Å². The molecule has 694 valence electrons. The molecule has 17 rings (SSSR count). The zero-order chi connectivity index (χ0) is 92.3. The van der Waals surface area contributed by atoms with Crippen LogP contribution < -0.4 is 55.9 Å². The van der Waals surface area contributed by atoms with Gasteiger partial charge in [-0.3, -0.25) is 46.5 Å². The number of hydrogen-bond acceptors (Lipinski definition) is 46. The molecular formula is C73H98FN26O27P. The number of carbonyl (C=O) groups excluding carboxylic acids is 1. The number of ether oxygens (including phenoxy) is 9. The molecule has 0 aliphatic carbocycles. The van der Waals surface area contributed by atoms with Crippen LogP contribution in [0.1, 0.15) is 77.4 Å². The topological polar surface area (TPSA) is 778 Å². The van der Waals surface area contributed by atoms with Gasteiger partial charge in [0.15, 0.2) is 89.1 Å². The average Bonchev–Trinajstić information content (AvgIpc) is 1.63. The third-order valence-electron chi connectivity index (χ3n) is 20.6. The zero-order valence-corrected chi connectivity index (χ0v) is 69.7. The number of imidazole rings is 4. The molecule has 0 saturated carbocycles. The molecule has 55 heteroatoms. The van der Waals surface area contributed by atoms with Crippen LogP contribution in [0, 0.1) is 5.92 Å². The highest BCUT2D eigenvalue weighted by Gasteiger charge is 2.49. The van der Waals surface area contributed by atoms with Crippen molar-refractivity contribution < 1.29 is 122 Å². The number of anilines is 6. The summed E-state index contributed by atoms with van der Waals surface area (Å²) < 4.78 is 95.7. The van der Waals surface area contributed by atoms with Crippen LogP contribution in [0.25, 0.3) is 44.7 Å². The number of aliphatic hydroxyl groups is 11. The predicted molar refractivity (Wildman–Crippen MR) is 439 cm³/mol. The highest BCUT2D eigenvalue weighted by molar-refractivity contribution is 7.54. The molecule has 7 unspecified atom stereocenters. The summed E-state index contributed by atoms with van der Waals surface area (Å²) in [4.78, 5) is 101. The maximum Gasteiger partial charge on any atom is 0.380 e. The van der Waals surface area contributed by atoms with Crippen LogP contribution in [-0.4, -0.2) is 317 Å². The van der Waals surface area contributed by atoms with E-state index in [0.717, 1.165) is 9.13 Å². The van der Waals surface area contributed by atoms with Crippen molar-refractivity contribution in [2.45, 2.75) is 175 Å². The normalized spacial score (nSPS) is 27.8. The molecule has 6 fully saturated rings. The molecule has 6 aliphatic heterocycles. The first-order chi connectivity index (χ1) is 61.2. The van der Waals surface area contributed by atoms with Crippen molar-refractivity contribution in [2.75, 3.05) is 94.4 Å². The summed E-state index contributed by atoms with van der Waals surface area (Å²) in [5.41, 5.74) is 34.5. The summed E-state index contributed by atoms with van der Waals surface area (Å²) in [5, 5.41) is 106. The molecule has 1 aromatic carbocycles. The molecule has 128 heavy (non-hydrogen) atoms. The lowest BCUT2D eigenvalue weighted by Gasteiger charge is -2.24. The number of aliphatic hydroxyl groups excluding tert-OH is 11. The molecule has 0 bridgehead atoms. The van der Waals surface area contributed by atoms with Gasteiger partial charge < -0.3 is 138 Å². The monoisotopic (exact) mass is 1820 g/mol. The summed E-state index contributed by atoms with van der Waals surface area (Å²) in [6.07, 6.45) is -5.31. The number of aromatic nitrogens is 20. The van der Waals surface area contributed by atoms with Crippen molar-refractivity contribution in [3.05, 3.63) is 130 Å². The second-order valence-electron chi connectivity index (χ2n) is 29.8. The first-order valence-corrected chi connectivity index (χ1v) is 41.1. The van der Waals surface area contributed by atoms with E-state index in [4.69, 9.17) is 107 Å². The van der Waals surface area contributed by atoms with Gasteiger partial charge in [0.25, 0.3) is 5.56 Å². The quantitative estimate of drug-likeness (QED) is 0.0225. The second-order valence-corrected chi connectivity index (χ2v) is 31.8. The van der Waals surface area contributed by atoms with Gasteiger partial charge in [0.1, 0.15) is 120 Å². The van der Waals surface area contributed by atoms with E-state index in [0.29, 0.717) is 45.7 Å². The molecule has 11 aromatic rings. The van der Waals surface area contributed by atoms with Crippen molar-refractivity contribution in [3.63, 3.8) is 0 Å². The van der Waals surface area contributed by atoms with Gasteiger partial charge in [0.05, 0.1) is 101 Å². The number of esters is 1. The van der Waals surface area contributed by atoms with Crippen LogP contribution in [0.2, 0.25) is 0 Å². The van der Waals surface area contributed by atoms with Crippen LogP contribution in [0.4, 0.5) is 39.4 Å². The Morgan fingerprint density at radius 1 is 0.500 bits per heavy atom. The number of methoxy groups -OCH3 is 2. The number of alkyl halides is 1. The number of nitrogens with one attached hydrogen (secondary N) is 1. The number of nitrogens with two attached hydrogens (primary N) is 6. The molecule has 0 amide bonds. The van der Waals surface area contributed by atoms with E-state index in [1.807, 2.05) is 0 Å². The maximum atomic E-state index is 13.7. The Kier molecular flexibility index (Phi) is 31.4. The van der Waals surface area contributed by atoms with Gasteiger partial charge in [0.2, 0.25) is 5.95 Å². The first kappa shape index (κ1) is 95.5. The van der Waals surface area contributed by atoms with Crippen LogP contribution in [-0.2, 0) is 56.5 Å². The molecule has 24 N–H and O–H groups in total. The number of nitrogens with zero attached hydrogens (tertiary/aromatic N) is 19. The average molecular weight is 1820 g/mol. The number of para-hydroxylation sites is 1. The number of hydrogen-bond donors (Lipinski definition) is 18. The zero-order valence-electron chi connectivity index (χ0n) is 68.8. The van der Waals surface area contributed by atoms with Crippen LogP contribution in [0.3, 0.4) is 0 Å². The summed E-state index contributed by atoms with van der Waals surface area (Å²) >= 11 is 0. The number of aromatic amines is 1. The number of benzene rings is 1. The molecule has 6 saturated heterocycles. The van der Waals surface area contributed by atoms with Gasteiger partial charge in [0, 0.05) is 45.9 Å². The highest BCUT2D eigenvalue weighted by Crippen LogP contribution is 2.51. The molecule has 0 spiro atoms. The highest BCUT2D eigenvalue weighted by atomic mass is 31.2. The molecule has 0 radical (unpaired) electrons. The van der Waals surface area contributed by atoms with E-state index in [1.165, 1.54) is 92.2 Å². The molecule has 10 aromatic heterocycles. The van der Waals surface area contributed by atoms with Crippen molar-refractivity contribution in [2.24, 2.45) is 5.92 Å². The number of carbonyl (C=O) groups is 1. The minimum absolute atomic E-state index is 0.0366. The SMILES string of the molecule is CC(C)OC(=O)[C@H](C)CP(=O)(OC[C@@H]1CC(O)[C@H](n2cnc3c(N)ncnc32)O1)Oc1ccccc1.CO[C@@H]1C(O)[C@H](n2ccc(N)nc2=O)O[C@@H]1CO.CO[C@@H]1C(O)[C@H](n2cnc3c(N)ncnc32)O[C@@H]1CO.Nc1ccn([C@@H]2O[C@H](CO)CC2O)c(=O)n1.Nc1nc2c(ncn2[C@@H]2O[C@H](CO)CC2O)c(=O)[nH]1.Nc1ncnc2c1ncn2[C@@H]1O[C@H](CO)[C@H](F)C1O. The largest absolute Gasteiger partial charge is 0.463 e. The predicted octanol–water partition coefficient (Wildman–Crippen LogP) is -4.50. The van der Waals surface area contributed by atoms with E-state index in [-0.39, 0.29) is 104 Å². The Morgan fingerprint density at radius 3 is 1.31 bits per heavy atom. The van der Waals surface area contributed by atoms with E-state index >= 15 is 0 Å². The third-order valence-corrected chi connectivity index (χ3v) is 22.6. The summed E-state index contributed by atoms with van der Waals surface area (Å²) in [6, 6.07) is 11.4. The number of rotatable bonds is 22. The maximum absolute atomic E-state index is 13.7. The van der Waals surface area contributed by atoms with Gasteiger partial charge in [-0.1, -0.05) is 25.1 Å². The standard InChI is InChI=1S/C23H30N5O7P.C11H15N5O4.C10H12FN5O3.C10H13N5O4.C10H15N3O5.C9H13N3O4/c1-14(2)33-23(30)15(3)11-36(31,35-16-7-5-4-6-8-16)32-10-17-9-18(29)22(34-17)28-13-27-19-20(24)25-12-26-21(19)28;1-19-8-5(2-17)20-11(7(8)18)16-4-15-6-9(12)13-3-14-10(6)16;11-5-4(1-17)19-10(7(5)18)16-3-15-6-8(12)13-2-14-9(6)16;11-10-13-7-6(8(18)14-10)12-3-15(7)9-5(17)1-4(2-16)19-9;1-17-8-5(4-14)18-9(7(8)15)13-3-2-6(11)12-10(13)16;10-7-1-2-12(9(15)11-7)8-6(14)3-5(4-13)16-8/h4-8,12-15,17-18,22,29H,9-11H2,1-3H3,(H2,24,25,26);3-5,7-8,11,17-18H,2H2,1H3,(H2,12,13,14);2-5,7,10,17-18H,1H2,(H2,12,13,14);3-5,9,16-17H,1-2H2,(H3,11,13,14,18);2-3,5,7-9,14-15H,4H2,1H3,(H2,11,12,16);1-2,5-6,8,13-14H,3-4H2,(H2,10,11,15)/t15-,17+,18?,22-,36?;5-,7?,8+,11-;4-,5+,7?,10-;4-,5?,9+;5-,7?,8+,9-;5-,6?,8+/m111010/s1. The van der Waals surface area contributed by atoms with Gasteiger partial charge in [-0.15, -0.1) is 0 Å². The molecule has 23 atom stereocenters. The fourth-order valence-electron chi connectivity index (χ4n) is 14.4. The minimum atomic E-state index is -3.81. The fraction of sp³-hybridized carbons (Fsp3) is 0.521. The number of fused-ring (bicyclic) bond motifs is 4. The Hall–Kier alpha value is -11.6. The van der Waals surface area contributed by atoms with E-state index in [9.17, 15) is 63.9 Å². The number of H-pyrrole nitrogens is 1. The Bertz CT molecular complexity index is 5780. The Morgan fingerprint density at radius 2 is 0.898 bits per heavy atom. The molecule has 53 nitrogen and oxygen atoms in total. The lowest BCUT2D eigenvalue weighted by atomic mass is 10.1. The van der Waals surface area contributed by atoms with E-state index in [1.54, 1.807) is 60.2 Å². The lowest BCUT2D eigenvalue weighted by molar-refractivity contribution is -0.151. The van der Waals surface area contributed by atoms with Gasteiger partial charge in [-0.25, -0.2) is 68.4 Å². The number of halogens is 1. The van der Waals surface area contributed by atoms with Crippen molar-refractivity contribution in [3.8, 4) is 5.75 Å². The van der Waals surface area contributed by atoms with Crippen LogP contribution in [0.5, 0.6) is 5.75 Å². The minimum Gasteiger partial charge on any atom is -0.463 e. The Balaban J connectivity index is 0.000000143. The van der Waals surface area contributed by atoms with E-state index in [2.05, 4.69) is 69.8 Å². The number of nitrogen functional groups attached to an aromatic ring is 6. The fourth-order valence-corrected chi connectivity index (χ4v) is 16.3. The smallest absolute Gasteiger partial charge is 0.380 e. The third kappa shape index (κ3) is 21.4. The molecule has 16 heterocycles. The summed E-state index contributed by atoms with van der Waals surface area (Å²) in [5.74, 6) is -0.0508. The second kappa shape index (κ2) is 42.1. The summed E-state index contributed by atoms with van der Waals surface area (Å²) in [6.45, 7) is 3.50. The summed E-state index contributed by atoms with van der Waals surface area (Å²) in [7, 11) is -0.963. The van der Waals surface area contributed by atoms with Crippen molar-refractivity contribution in [1.82, 2.24) is 97.2 Å². The Labute approximate surface area is 721 Å².